The number of ether oxygens (including phenoxy) is 2. The van der Waals surface area contributed by atoms with Crippen LogP contribution in [0.1, 0.15) is 11.1 Å². The lowest BCUT2D eigenvalue weighted by Gasteiger charge is -2.06. The van der Waals surface area contributed by atoms with Crippen LogP contribution in [0.25, 0.3) is 11.1 Å². The van der Waals surface area contributed by atoms with Crippen LogP contribution in [0.5, 0.6) is 11.5 Å². The van der Waals surface area contributed by atoms with Crippen LogP contribution >= 0.6 is 47.0 Å². The van der Waals surface area contributed by atoms with Gasteiger partial charge in [0.05, 0.1) is 33.8 Å². The van der Waals surface area contributed by atoms with Gasteiger partial charge in [0.15, 0.2) is 0 Å². The molecule has 4 rings (SSSR count). The van der Waals surface area contributed by atoms with Gasteiger partial charge < -0.3 is 9.47 Å². The maximum Gasteiger partial charge on any atom is 0.118 e. The third-order valence-electron chi connectivity index (χ3n) is 4.70. The van der Waals surface area contributed by atoms with E-state index in [1.165, 1.54) is 8.47 Å². The fraction of sp³-hybridized carbons (Fsp3) is 0.231. The van der Waals surface area contributed by atoms with E-state index in [0.717, 1.165) is 56.8 Å². The maximum atomic E-state index is 5.30. The summed E-state index contributed by atoms with van der Waals surface area (Å²) in [4.78, 5) is 0. The molecule has 2 nitrogen and oxygen atoms in total. The minimum atomic E-state index is 0.847. The lowest BCUT2D eigenvalue weighted by Crippen LogP contribution is -1.87. The number of methoxy groups -OCH3 is 2. The Morgan fingerprint density at radius 2 is 0.938 bits per heavy atom. The quantitative estimate of drug-likeness (QED) is 0.437. The normalized spacial score (nSPS) is 14.8. The fourth-order valence-corrected chi connectivity index (χ4v) is 8.09. The summed E-state index contributed by atoms with van der Waals surface area (Å²) in [7, 11) is 3.37. The van der Waals surface area contributed by atoms with Crippen LogP contribution in [0.15, 0.2) is 57.0 Å². The first-order valence-corrected chi connectivity index (χ1v) is 14.0. The van der Waals surface area contributed by atoms with E-state index in [1.807, 2.05) is 71.3 Å². The molecule has 6 heteroatoms. The van der Waals surface area contributed by atoms with E-state index in [4.69, 9.17) is 9.47 Å². The summed E-state index contributed by atoms with van der Waals surface area (Å²) in [5, 5.41) is 0. The summed E-state index contributed by atoms with van der Waals surface area (Å²) >= 11 is 7.49. The Labute approximate surface area is 207 Å². The minimum Gasteiger partial charge on any atom is -0.497 e. The Kier molecular flexibility index (Phi) is 8.54. The van der Waals surface area contributed by atoms with E-state index < -0.39 is 0 Å². The van der Waals surface area contributed by atoms with Crippen molar-refractivity contribution >= 4 is 58.2 Å². The number of hydrogen-bond acceptors (Lipinski definition) is 6. The highest BCUT2D eigenvalue weighted by atomic mass is 32.2. The van der Waals surface area contributed by atoms with Crippen LogP contribution in [0.3, 0.4) is 0 Å². The molecule has 0 N–H and O–H groups in total. The molecule has 32 heavy (non-hydrogen) atoms. The van der Waals surface area contributed by atoms with E-state index in [9.17, 15) is 0 Å². The lowest BCUT2D eigenvalue weighted by molar-refractivity contribution is 0.414. The second-order valence-corrected chi connectivity index (χ2v) is 11.6. The molecule has 2 heterocycles. The van der Waals surface area contributed by atoms with Crippen molar-refractivity contribution < 1.29 is 9.47 Å². The predicted molar refractivity (Wildman–Crippen MR) is 145 cm³/mol. The minimum absolute atomic E-state index is 0.847. The van der Waals surface area contributed by atoms with Gasteiger partial charge in [-0.15, -0.1) is 47.0 Å². The Morgan fingerprint density at radius 3 is 1.25 bits per heavy atom. The Hall–Kier alpha value is -1.96. The molecule has 2 fully saturated rings. The Balaban J connectivity index is 1.65. The molecule has 2 aromatic rings. The fourth-order valence-electron chi connectivity index (χ4n) is 3.09. The average Bonchev–Trinajstić information content (AvgIpc) is 3.57. The molecular weight excluding hydrogens is 473 g/mol. The first-order chi connectivity index (χ1) is 15.8. The lowest BCUT2D eigenvalue weighted by atomic mass is 10.1. The van der Waals surface area contributed by atoms with Gasteiger partial charge in [0, 0.05) is 23.0 Å². The third-order valence-corrected chi connectivity index (χ3v) is 10.1. The molecule has 162 valence electrons. The molecule has 2 aliphatic rings. The molecule has 0 unspecified atom stereocenters. The van der Waals surface area contributed by atoms with Crippen LogP contribution < -0.4 is 9.47 Å². The van der Waals surface area contributed by atoms with E-state index in [1.54, 1.807) is 14.2 Å². The first-order valence-electron chi connectivity index (χ1n) is 10.1. The monoisotopic (exact) mass is 494 g/mol. The van der Waals surface area contributed by atoms with Crippen LogP contribution in [0.2, 0.25) is 0 Å². The van der Waals surface area contributed by atoms with Gasteiger partial charge in [-0.1, -0.05) is 11.8 Å². The van der Waals surface area contributed by atoms with Gasteiger partial charge in [-0.25, -0.2) is 0 Å². The van der Waals surface area contributed by atoms with Crippen LogP contribution in [0.4, 0.5) is 0 Å². The van der Waals surface area contributed by atoms with Gasteiger partial charge in [-0.2, -0.15) is 0 Å². The predicted octanol–water partition coefficient (Wildman–Crippen LogP) is 6.71. The van der Waals surface area contributed by atoms with Crippen molar-refractivity contribution in [1.82, 2.24) is 0 Å². The molecule has 2 aliphatic heterocycles. The molecule has 2 aromatic carbocycles. The number of thioether (sulfide) groups is 4. The summed E-state index contributed by atoms with van der Waals surface area (Å²) < 4.78 is 13.2. The topological polar surface area (TPSA) is 18.5 Å². The zero-order valence-corrected chi connectivity index (χ0v) is 21.2. The molecule has 0 bridgehead atoms. The van der Waals surface area contributed by atoms with Crippen LogP contribution in [-0.2, 0) is 0 Å². The van der Waals surface area contributed by atoms with Crippen molar-refractivity contribution in [3.8, 4) is 35.2 Å². The summed E-state index contributed by atoms with van der Waals surface area (Å²) in [5.74, 6) is 19.1. The zero-order valence-electron chi connectivity index (χ0n) is 17.9. The van der Waals surface area contributed by atoms with Gasteiger partial charge >= 0.3 is 0 Å². The highest BCUT2D eigenvalue weighted by Gasteiger charge is 2.16. The van der Waals surface area contributed by atoms with Crippen molar-refractivity contribution in [3.63, 3.8) is 0 Å². The largest absolute Gasteiger partial charge is 0.497 e. The highest BCUT2D eigenvalue weighted by molar-refractivity contribution is 8.25. The van der Waals surface area contributed by atoms with Gasteiger partial charge in [-0.05, 0) is 71.5 Å². The summed E-state index contributed by atoms with van der Waals surface area (Å²) in [6.45, 7) is 0. The maximum absolute atomic E-state index is 5.30. The van der Waals surface area contributed by atoms with Crippen molar-refractivity contribution in [2.24, 2.45) is 0 Å². The molecule has 0 aliphatic carbocycles. The SMILES string of the molecule is COc1ccc(C(C#CC#CC(=C2SCCS2)c2ccc(OC)cc2)=C2SCCS2)cc1. The van der Waals surface area contributed by atoms with Gasteiger partial charge in [0.1, 0.15) is 11.5 Å². The van der Waals surface area contributed by atoms with Crippen LogP contribution in [0, 0.1) is 23.7 Å². The van der Waals surface area contributed by atoms with E-state index in [0.29, 0.717) is 0 Å². The van der Waals surface area contributed by atoms with E-state index >= 15 is 0 Å². The van der Waals surface area contributed by atoms with Crippen molar-refractivity contribution in [3.05, 3.63) is 68.1 Å². The number of hydrogen-bond donors (Lipinski definition) is 0. The Bertz CT molecular complexity index is 1030. The number of benzene rings is 2. The van der Waals surface area contributed by atoms with E-state index in [-0.39, 0.29) is 0 Å². The van der Waals surface area contributed by atoms with Gasteiger partial charge in [0.2, 0.25) is 0 Å². The summed E-state index contributed by atoms with van der Waals surface area (Å²) in [6.07, 6.45) is 0. The Morgan fingerprint density at radius 1 is 0.594 bits per heavy atom. The standard InChI is InChI=1S/C26H22O2S4/c1-27-21-11-7-19(8-12-21)23(25-29-15-16-30-25)5-3-4-6-24(26-31-17-18-32-26)20-9-13-22(28-2)14-10-20/h7-14H,15-18H2,1-2H3. The molecule has 0 aromatic heterocycles. The van der Waals surface area contributed by atoms with Crippen molar-refractivity contribution in [1.29, 1.82) is 0 Å². The highest BCUT2D eigenvalue weighted by Crippen LogP contribution is 2.42. The second kappa shape index (κ2) is 11.8. The van der Waals surface area contributed by atoms with Gasteiger partial charge in [0.25, 0.3) is 0 Å². The average molecular weight is 495 g/mol. The summed E-state index contributed by atoms with van der Waals surface area (Å²) in [6, 6.07) is 16.2. The smallest absolute Gasteiger partial charge is 0.118 e. The molecule has 2 saturated heterocycles. The molecule has 0 atom stereocenters. The molecular formula is C26H22O2S4. The zero-order chi connectivity index (χ0) is 22.2. The van der Waals surface area contributed by atoms with E-state index in [2.05, 4.69) is 47.9 Å². The molecule has 0 amide bonds. The van der Waals surface area contributed by atoms with Gasteiger partial charge in [-0.3, -0.25) is 0 Å². The second-order valence-electron chi connectivity index (χ2n) is 6.68. The summed E-state index contributed by atoms with van der Waals surface area (Å²) in [5.41, 5.74) is 4.32. The van der Waals surface area contributed by atoms with Crippen molar-refractivity contribution in [2.45, 2.75) is 0 Å². The molecule has 0 spiro atoms. The number of allylic oxidation sites excluding steroid dienone is 2. The molecule has 0 radical (unpaired) electrons. The van der Waals surface area contributed by atoms with Crippen LogP contribution in [-0.4, -0.2) is 37.2 Å². The first kappa shape index (κ1) is 23.2. The van der Waals surface area contributed by atoms with Crippen molar-refractivity contribution in [2.75, 3.05) is 37.2 Å². The molecule has 0 saturated carbocycles. The number of rotatable bonds is 4. The third kappa shape index (κ3) is 5.88.